The zero-order valence-corrected chi connectivity index (χ0v) is 5.07. The third-order valence-corrected chi connectivity index (χ3v) is 1.33. The first-order valence-corrected chi connectivity index (χ1v) is 3.06. The van der Waals surface area contributed by atoms with Crippen LogP contribution in [-0.4, -0.2) is 0 Å². The van der Waals surface area contributed by atoms with E-state index in [9.17, 15) is 3.61 Å². The van der Waals surface area contributed by atoms with Crippen LogP contribution in [-0.2, 0) is 14.9 Å². The van der Waals surface area contributed by atoms with Crippen molar-refractivity contribution in [2.75, 3.05) is 0 Å². The molecule has 8 heavy (non-hydrogen) atoms. The number of hydrogen-bond donors (Lipinski definition) is 0. The molecule has 0 saturated carbocycles. The van der Waals surface area contributed by atoms with E-state index in [-0.39, 0.29) is 14.9 Å². The summed E-state index contributed by atoms with van der Waals surface area (Å²) in [5, 5.41) is 0. The van der Waals surface area contributed by atoms with E-state index in [1.807, 2.05) is 18.2 Å². The maximum atomic E-state index is 11.7. The van der Waals surface area contributed by atoms with Crippen LogP contribution in [0.1, 0.15) is 0 Å². The van der Waals surface area contributed by atoms with Gasteiger partial charge in [-0.3, -0.25) is 0 Å². The van der Waals surface area contributed by atoms with Crippen LogP contribution in [0.5, 0.6) is 0 Å². The minimum atomic E-state index is 0.112. The molecule has 0 aliphatic carbocycles. The van der Waals surface area contributed by atoms with E-state index in [4.69, 9.17) is 0 Å². The van der Waals surface area contributed by atoms with E-state index in [2.05, 4.69) is 0 Å². The average molecular weight is 155 g/mol. The van der Waals surface area contributed by atoms with Gasteiger partial charge in [0, 0.05) is 0 Å². The molecular weight excluding hydrogens is 150 g/mol. The van der Waals surface area contributed by atoms with E-state index in [1.54, 1.807) is 12.1 Å². The summed E-state index contributed by atoms with van der Waals surface area (Å²) < 4.78 is 12.3. The third-order valence-electron chi connectivity index (χ3n) is 0.782. The Morgan fingerprint density at radius 3 is 2.12 bits per heavy atom. The van der Waals surface area contributed by atoms with E-state index in [0.29, 0.717) is 4.53 Å². The topological polar surface area (TPSA) is 0 Å². The van der Waals surface area contributed by atoms with Gasteiger partial charge in [0.2, 0.25) is 0 Å². The summed E-state index contributed by atoms with van der Waals surface area (Å²) in [6, 6.07) is 8.96. The van der Waals surface area contributed by atoms with Crippen LogP contribution in [0.2, 0.25) is 0 Å². The number of hydrogen-bond acceptors (Lipinski definition) is 0. The van der Waals surface area contributed by atoms with E-state index < -0.39 is 0 Å². The Morgan fingerprint density at radius 1 is 1.12 bits per heavy atom. The van der Waals surface area contributed by atoms with Crippen LogP contribution in [0.3, 0.4) is 0 Å². The Morgan fingerprint density at radius 2 is 1.75 bits per heavy atom. The first-order chi connectivity index (χ1) is 3.93. The van der Waals surface area contributed by atoms with Gasteiger partial charge in [-0.15, -0.1) is 0 Å². The molecule has 46 valence electrons. The van der Waals surface area contributed by atoms with Crippen molar-refractivity contribution in [2.45, 2.75) is 0 Å². The van der Waals surface area contributed by atoms with Crippen molar-refractivity contribution < 1.29 is 18.5 Å². The molecule has 0 bridgehead atoms. The zero-order chi connectivity index (χ0) is 5.82. The molecule has 0 heterocycles. The van der Waals surface area contributed by atoms with Crippen molar-refractivity contribution >= 4 is 4.53 Å². The second-order valence-electron chi connectivity index (χ2n) is 1.32. The Bertz CT molecular complexity index is 150. The summed E-state index contributed by atoms with van der Waals surface area (Å²) in [5.74, 6) is 0. The SMILES string of the molecule is [F][Ni][c]1ccccc1. The molecule has 1 aromatic rings. The molecule has 0 unspecified atom stereocenters. The van der Waals surface area contributed by atoms with Crippen LogP contribution >= 0.6 is 0 Å². The fourth-order valence-electron chi connectivity index (χ4n) is 0.443. The molecule has 0 amide bonds. The Hall–Kier alpha value is -0.356. The van der Waals surface area contributed by atoms with E-state index in [0.717, 1.165) is 0 Å². The van der Waals surface area contributed by atoms with Crippen molar-refractivity contribution in [3.8, 4) is 0 Å². The average Bonchev–Trinajstić information content (AvgIpc) is 1.90. The van der Waals surface area contributed by atoms with E-state index >= 15 is 0 Å². The monoisotopic (exact) mass is 154 g/mol. The van der Waals surface area contributed by atoms with Crippen LogP contribution in [0.15, 0.2) is 30.3 Å². The molecule has 0 atom stereocenters. The predicted octanol–water partition coefficient (Wildman–Crippen LogP) is 1.28. The van der Waals surface area contributed by atoms with Crippen molar-refractivity contribution in [1.82, 2.24) is 0 Å². The molecule has 0 aliphatic heterocycles. The predicted molar refractivity (Wildman–Crippen MR) is 27.2 cm³/mol. The van der Waals surface area contributed by atoms with Gasteiger partial charge in [0.25, 0.3) is 0 Å². The normalized spacial score (nSPS) is 9.62. The second kappa shape index (κ2) is 2.83. The van der Waals surface area contributed by atoms with Crippen molar-refractivity contribution in [2.24, 2.45) is 0 Å². The van der Waals surface area contributed by atoms with Crippen LogP contribution in [0, 0.1) is 0 Å². The standard InChI is InChI=1S/C6H5.FH.Ni/c1-2-4-6-5-3-1;;/h1-5H;1H;/q;;+1/p-1. The number of benzene rings is 1. The molecule has 0 saturated heterocycles. The fraction of sp³-hybridized carbons (Fsp3) is 0. The van der Waals surface area contributed by atoms with Gasteiger partial charge in [0.05, 0.1) is 0 Å². The van der Waals surface area contributed by atoms with Gasteiger partial charge in [-0.25, -0.2) is 0 Å². The minimum absolute atomic E-state index is 0.112. The van der Waals surface area contributed by atoms with Gasteiger partial charge in [0.15, 0.2) is 0 Å². The van der Waals surface area contributed by atoms with Crippen LogP contribution in [0.4, 0.5) is 3.61 Å². The molecular formula is C6H5FNi. The van der Waals surface area contributed by atoms with Gasteiger partial charge < -0.3 is 0 Å². The molecule has 0 spiro atoms. The van der Waals surface area contributed by atoms with Gasteiger partial charge in [0.1, 0.15) is 0 Å². The molecule has 1 rings (SSSR count). The van der Waals surface area contributed by atoms with Gasteiger partial charge in [-0.2, -0.15) is 0 Å². The van der Waals surface area contributed by atoms with E-state index in [1.165, 1.54) is 0 Å². The second-order valence-corrected chi connectivity index (χ2v) is 2.08. The Kier molecular flexibility index (Phi) is 2.04. The number of halogens is 1. The first kappa shape index (κ1) is 5.77. The molecule has 1 aromatic carbocycles. The van der Waals surface area contributed by atoms with Crippen LogP contribution in [0.25, 0.3) is 0 Å². The molecule has 0 radical (unpaired) electrons. The zero-order valence-electron chi connectivity index (χ0n) is 4.08. The van der Waals surface area contributed by atoms with Gasteiger partial charge in [-0.05, 0) is 0 Å². The summed E-state index contributed by atoms with van der Waals surface area (Å²) in [7, 11) is 0. The van der Waals surface area contributed by atoms with Crippen molar-refractivity contribution in [3.63, 3.8) is 0 Å². The first-order valence-electron chi connectivity index (χ1n) is 2.19. The summed E-state index contributed by atoms with van der Waals surface area (Å²) in [6.45, 7) is 0. The fourth-order valence-corrected chi connectivity index (χ4v) is 0.757. The molecule has 0 fully saturated rings. The summed E-state index contributed by atoms with van der Waals surface area (Å²) in [4.78, 5) is 0. The van der Waals surface area contributed by atoms with Crippen molar-refractivity contribution in [1.29, 1.82) is 0 Å². The quantitative estimate of drug-likeness (QED) is 0.535. The maximum absolute atomic E-state index is 11.7. The summed E-state index contributed by atoms with van der Waals surface area (Å²) >= 11 is 0.112. The Balaban J connectivity index is 2.83. The number of rotatable bonds is 1. The third kappa shape index (κ3) is 1.31. The summed E-state index contributed by atoms with van der Waals surface area (Å²) in [5.41, 5.74) is 0. The molecule has 0 aromatic heterocycles. The Labute approximate surface area is 54.0 Å². The molecule has 0 aliphatic rings. The molecule has 0 N–H and O–H groups in total. The molecule has 2 heteroatoms. The van der Waals surface area contributed by atoms with Crippen molar-refractivity contribution in [3.05, 3.63) is 30.3 Å². The van der Waals surface area contributed by atoms with Gasteiger partial charge in [-0.1, -0.05) is 0 Å². The van der Waals surface area contributed by atoms with Crippen LogP contribution < -0.4 is 4.53 Å². The molecule has 0 nitrogen and oxygen atoms in total. The summed E-state index contributed by atoms with van der Waals surface area (Å²) in [6.07, 6.45) is 0. The van der Waals surface area contributed by atoms with Gasteiger partial charge >= 0.3 is 53.4 Å².